The van der Waals surface area contributed by atoms with E-state index in [4.69, 9.17) is 9.97 Å². The largest absolute Gasteiger partial charge is 0.263 e. The second-order valence-corrected chi connectivity index (χ2v) is 12.8. The van der Waals surface area contributed by atoms with Crippen LogP contribution >= 0.6 is 0 Å². The summed E-state index contributed by atoms with van der Waals surface area (Å²) < 4.78 is 0. The molecule has 2 aromatic heterocycles. The number of rotatable bonds is 4. The van der Waals surface area contributed by atoms with Crippen molar-refractivity contribution >= 4 is 53.9 Å². The van der Waals surface area contributed by atoms with Crippen molar-refractivity contribution in [1.82, 2.24) is 15.0 Å². The number of hydrogen-bond donors (Lipinski definition) is 0. The molecule has 0 amide bonds. The van der Waals surface area contributed by atoms with E-state index in [0.717, 1.165) is 44.6 Å². The zero-order valence-electron chi connectivity index (χ0n) is 27.1. The molecule has 10 aromatic rings. The maximum Gasteiger partial charge on any atom is 0.160 e. The maximum absolute atomic E-state index is 5.28. The smallest absolute Gasteiger partial charge is 0.160 e. The molecule has 10 rings (SSSR count). The number of aromatic nitrogens is 3. The zero-order chi connectivity index (χ0) is 33.0. The Morgan fingerprint density at radius 3 is 1.60 bits per heavy atom. The predicted octanol–water partition coefficient (Wildman–Crippen LogP) is 12.3. The van der Waals surface area contributed by atoms with Gasteiger partial charge in [-0.15, -0.1) is 0 Å². The molecule has 0 N–H and O–H groups in total. The molecule has 0 aliphatic rings. The van der Waals surface area contributed by atoms with E-state index in [2.05, 4.69) is 151 Å². The molecule has 0 unspecified atom stereocenters. The monoisotopic (exact) mass is 635 g/mol. The standard InChI is InChI=1S/C47H29N3/c1-2-12-32(13-3-1)47-49-44(31-24-22-30(23-25-31)43-29-48-28-33-14-4-5-15-34(33)43)27-45(50-47)41-26-42-37-18-7-6-16-35(37)36-17-8-10-20-39(36)46(42)40-21-11-9-19-38(40)41/h1-29H. The Morgan fingerprint density at radius 1 is 0.320 bits per heavy atom. The van der Waals surface area contributed by atoms with Gasteiger partial charge in [0.2, 0.25) is 0 Å². The van der Waals surface area contributed by atoms with Crippen LogP contribution in [0.2, 0.25) is 0 Å². The minimum absolute atomic E-state index is 0.702. The zero-order valence-corrected chi connectivity index (χ0v) is 27.1. The minimum Gasteiger partial charge on any atom is -0.263 e. The summed E-state index contributed by atoms with van der Waals surface area (Å²) in [5.74, 6) is 0.702. The van der Waals surface area contributed by atoms with Crippen molar-refractivity contribution in [3.63, 3.8) is 0 Å². The minimum atomic E-state index is 0.702. The van der Waals surface area contributed by atoms with Gasteiger partial charge in [0.1, 0.15) is 0 Å². The molecule has 0 atom stereocenters. The SMILES string of the molecule is c1ccc(-c2nc(-c3ccc(-c4cncc5ccccc45)cc3)cc(-c3cc4c5ccccc5c5ccccc5c4c4ccccc34)n2)cc1. The second kappa shape index (κ2) is 11.5. The van der Waals surface area contributed by atoms with E-state index >= 15 is 0 Å². The third-order valence-corrected chi connectivity index (χ3v) is 9.94. The van der Waals surface area contributed by atoms with Gasteiger partial charge in [-0.05, 0) is 66.2 Å². The van der Waals surface area contributed by atoms with Gasteiger partial charge in [0, 0.05) is 40.0 Å². The first kappa shape index (κ1) is 28.3. The second-order valence-electron chi connectivity index (χ2n) is 12.8. The Bertz CT molecular complexity index is 2910. The van der Waals surface area contributed by atoms with Gasteiger partial charge in [0.05, 0.1) is 11.4 Å². The summed E-state index contributed by atoms with van der Waals surface area (Å²) >= 11 is 0. The van der Waals surface area contributed by atoms with Crippen LogP contribution in [0, 0.1) is 0 Å². The van der Waals surface area contributed by atoms with Crippen molar-refractivity contribution in [2.24, 2.45) is 0 Å². The average molecular weight is 636 g/mol. The molecule has 0 aliphatic carbocycles. The average Bonchev–Trinajstić information content (AvgIpc) is 3.20. The van der Waals surface area contributed by atoms with Gasteiger partial charge >= 0.3 is 0 Å². The van der Waals surface area contributed by atoms with Crippen molar-refractivity contribution in [2.75, 3.05) is 0 Å². The van der Waals surface area contributed by atoms with E-state index in [0.29, 0.717) is 5.82 Å². The summed E-state index contributed by atoms with van der Waals surface area (Å²) in [5, 5.41) is 12.2. The van der Waals surface area contributed by atoms with Gasteiger partial charge in [-0.25, -0.2) is 9.97 Å². The Balaban J connectivity index is 1.22. The van der Waals surface area contributed by atoms with Crippen LogP contribution in [-0.2, 0) is 0 Å². The lowest BCUT2D eigenvalue weighted by atomic mass is 9.88. The molecule has 3 nitrogen and oxygen atoms in total. The van der Waals surface area contributed by atoms with Crippen LogP contribution in [0.25, 0.3) is 98.9 Å². The summed E-state index contributed by atoms with van der Waals surface area (Å²) in [7, 11) is 0. The van der Waals surface area contributed by atoms with Crippen molar-refractivity contribution in [3.05, 3.63) is 176 Å². The molecule has 3 heteroatoms. The molecule has 0 bridgehead atoms. The van der Waals surface area contributed by atoms with Crippen LogP contribution < -0.4 is 0 Å². The summed E-state index contributed by atoms with van der Waals surface area (Å²) in [6, 6.07) is 58.1. The van der Waals surface area contributed by atoms with Crippen LogP contribution in [0.5, 0.6) is 0 Å². The Labute approximate surface area is 289 Å². The summed E-state index contributed by atoms with van der Waals surface area (Å²) in [5.41, 5.74) is 7.11. The molecular formula is C47H29N3. The molecular weight excluding hydrogens is 607 g/mol. The molecule has 0 fully saturated rings. The van der Waals surface area contributed by atoms with E-state index in [9.17, 15) is 0 Å². The van der Waals surface area contributed by atoms with Gasteiger partial charge in [0.25, 0.3) is 0 Å². The van der Waals surface area contributed by atoms with Crippen molar-refractivity contribution in [1.29, 1.82) is 0 Å². The lowest BCUT2D eigenvalue weighted by Crippen LogP contribution is -1.97. The van der Waals surface area contributed by atoms with Crippen LogP contribution in [0.3, 0.4) is 0 Å². The third kappa shape index (κ3) is 4.56. The fourth-order valence-corrected chi connectivity index (χ4v) is 7.60. The predicted molar refractivity (Wildman–Crippen MR) is 209 cm³/mol. The van der Waals surface area contributed by atoms with E-state index in [-0.39, 0.29) is 0 Å². The summed E-state index contributed by atoms with van der Waals surface area (Å²) in [4.78, 5) is 15.0. The summed E-state index contributed by atoms with van der Waals surface area (Å²) in [6.45, 7) is 0. The quantitative estimate of drug-likeness (QED) is 0.181. The Morgan fingerprint density at radius 2 is 0.860 bits per heavy atom. The number of benzene rings is 8. The first-order valence-electron chi connectivity index (χ1n) is 16.9. The van der Waals surface area contributed by atoms with Gasteiger partial charge in [-0.1, -0.05) is 152 Å². The van der Waals surface area contributed by atoms with Crippen molar-refractivity contribution in [3.8, 4) is 45.0 Å². The molecule has 8 aromatic carbocycles. The topological polar surface area (TPSA) is 38.7 Å². The molecule has 2 heterocycles. The molecule has 0 saturated carbocycles. The van der Waals surface area contributed by atoms with Gasteiger partial charge < -0.3 is 0 Å². The highest BCUT2D eigenvalue weighted by atomic mass is 14.9. The molecule has 232 valence electrons. The third-order valence-electron chi connectivity index (χ3n) is 9.94. The van der Waals surface area contributed by atoms with Crippen LogP contribution in [0.15, 0.2) is 176 Å². The van der Waals surface area contributed by atoms with E-state index in [1.807, 2.05) is 30.6 Å². The van der Waals surface area contributed by atoms with E-state index in [1.54, 1.807) is 0 Å². The fraction of sp³-hybridized carbons (Fsp3) is 0. The fourth-order valence-electron chi connectivity index (χ4n) is 7.60. The molecule has 50 heavy (non-hydrogen) atoms. The van der Waals surface area contributed by atoms with Crippen LogP contribution in [0.4, 0.5) is 0 Å². The Kier molecular flexibility index (Phi) is 6.49. The van der Waals surface area contributed by atoms with Crippen LogP contribution in [0.1, 0.15) is 0 Å². The van der Waals surface area contributed by atoms with Gasteiger partial charge in [-0.3, -0.25) is 4.98 Å². The number of pyridine rings is 1. The first-order valence-corrected chi connectivity index (χ1v) is 16.9. The lowest BCUT2D eigenvalue weighted by Gasteiger charge is -2.16. The van der Waals surface area contributed by atoms with Gasteiger partial charge in [-0.2, -0.15) is 0 Å². The number of nitrogens with zero attached hydrogens (tertiary/aromatic N) is 3. The normalized spacial score (nSPS) is 11.6. The number of fused-ring (bicyclic) bond motifs is 9. The lowest BCUT2D eigenvalue weighted by molar-refractivity contribution is 1.19. The Hall–Kier alpha value is -6.71. The molecule has 0 radical (unpaired) electrons. The molecule has 0 spiro atoms. The van der Waals surface area contributed by atoms with E-state index in [1.165, 1.54) is 48.5 Å². The van der Waals surface area contributed by atoms with Crippen molar-refractivity contribution < 1.29 is 0 Å². The van der Waals surface area contributed by atoms with Crippen LogP contribution in [-0.4, -0.2) is 15.0 Å². The highest BCUT2D eigenvalue weighted by Gasteiger charge is 2.18. The summed E-state index contributed by atoms with van der Waals surface area (Å²) in [6.07, 6.45) is 3.87. The highest BCUT2D eigenvalue weighted by Crippen LogP contribution is 2.43. The number of hydrogen-bond acceptors (Lipinski definition) is 3. The van der Waals surface area contributed by atoms with E-state index < -0.39 is 0 Å². The molecule has 0 aliphatic heterocycles. The molecule has 0 saturated heterocycles. The van der Waals surface area contributed by atoms with Gasteiger partial charge in [0.15, 0.2) is 5.82 Å². The highest BCUT2D eigenvalue weighted by molar-refractivity contribution is 6.33. The maximum atomic E-state index is 5.28. The first-order chi connectivity index (χ1) is 24.8. The van der Waals surface area contributed by atoms with Crippen molar-refractivity contribution in [2.45, 2.75) is 0 Å².